The molecule has 22 heavy (non-hydrogen) atoms. The first kappa shape index (κ1) is 14.3. The molecular formula is C15H13ClN4O2. The van der Waals surface area contributed by atoms with Gasteiger partial charge in [-0.15, -0.1) is 10.2 Å². The van der Waals surface area contributed by atoms with Crippen molar-refractivity contribution < 1.29 is 9.53 Å². The van der Waals surface area contributed by atoms with Gasteiger partial charge in [-0.25, -0.2) is 4.79 Å². The number of carbonyl (C=O) groups is 1. The molecule has 2 aromatic carbocycles. The smallest absolute Gasteiger partial charge is 0.338 e. The maximum absolute atomic E-state index is 11.6. The Labute approximate surface area is 131 Å². The molecule has 0 atom stereocenters. The van der Waals surface area contributed by atoms with E-state index in [-0.39, 0.29) is 5.97 Å². The average Bonchev–Trinajstić information content (AvgIpc) is 2.91. The lowest BCUT2D eigenvalue weighted by molar-refractivity contribution is 0.0526. The van der Waals surface area contributed by atoms with E-state index < -0.39 is 0 Å². The Morgan fingerprint density at radius 1 is 1.23 bits per heavy atom. The summed E-state index contributed by atoms with van der Waals surface area (Å²) in [6, 6.07) is 10.2. The Kier molecular flexibility index (Phi) is 3.68. The Bertz CT molecular complexity index is 804. The summed E-state index contributed by atoms with van der Waals surface area (Å²) in [7, 11) is 0. The first-order valence-corrected chi connectivity index (χ1v) is 7.06. The van der Waals surface area contributed by atoms with E-state index in [2.05, 4.69) is 10.2 Å². The molecule has 0 bridgehead atoms. The number of anilines is 1. The normalized spacial score (nSPS) is 10.8. The van der Waals surface area contributed by atoms with E-state index in [0.717, 1.165) is 5.69 Å². The van der Waals surface area contributed by atoms with Crippen LogP contribution in [0.3, 0.4) is 0 Å². The number of halogens is 1. The van der Waals surface area contributed by atoms with Crippen LogP contribution in [0.2, 0.25) is 5.02 Å². The largest absolute Gasteiger partial charge is 0.462 e. The zero-order valence-electron chi connectivity index (χ0n) is 11.8. The fourth-order valence-electron chi connectivity index (χ4n) is 2.01. The highest BCUT2D eigenvalue weighted by Crippen LogP contribution is 2.24. The Morgan fingerprint density at radius 2 is 1.86 bits per heavy atom. The minimum atomic E-state index is -0.354. The minimum absolute atomic E-state index is 0.342. The summed E-state index contributed by atoms with van der Waals surface area (Å²) in [5.41, 5.74) is 8.71. The van der Waals surface area contributed by atoms with Crippen LogP contribution in [-0.4, -0.2) is 27.6 Å². The van der Waals surface area contributed by atoms with E-state index in [4.69, 9.17) is 22.1 Å². The van der Waals surface area contributed by atoms with Gasteiger partial charge in [0, 0.05) is 0 Å². The lowest BCUT2D eigenvalue weighted by Crippen LogP contribution is -2.05. The van der Waals surface area contributed by atoms with E-state index in [1.54, 1.807) is 43.3 Å². The van der Waals surface area contributed by atoms with Gasteiger partial charge in [0.2, 0.25) is 0 Å². The highest BCUT2D eigenvalue weighted by molar-refractivity contribution is 6.33. The molecule has 3 rings (SSSR count). The number of benzene rings is 2. The third-order valence-electron chi connectivity index (χ3n) is 3.11. The van der Waals surface area contributed by atoms with Crippen LogP contribution in [0.15, 0.2) is 36.4 Å². The van der Waals surface area contributed by atoms with Crippen LogP contribution in [0.25, 0.3) is 16.7 Å². The van der Waals surface area contributed by atoms with Crippen molar-refractivity contribution in [1.29, 1.82) is 0 Å². The fourth-order valence-corrected chi connectivity index (χ4v) is 2.17. The number of nitrogen functional groups attached to an aromatic ring is 1. The number of nitrogens with two attached hydrogens (primary N) is 1. The van der Waals surface area contributed by atoms with Crippen molar-refractivity contribution in [2.75, 3.05) is 12.3 Å². The van der Waals surface area contributed by atoms with Crippen LogP contribution in [0, 0.1) is 0 Å². The highest BCUT2D eigenvalue weighted by atomic mass is 35.5. The molecule has 0 spiro atoms. The van der Waals surface area contributed by atoms with Gasteiger partial charge >= 0.3 is 5.97 Å². The van der Waals surface area contributed by atoms with E-state index in [9.17, 15) is 4.79 Å². The van der Waals surface area contributed by atoms with E-state index in [0.29, 0.717) is 33.9 Å². The molecule has 0 unspecified atom stereocenters. The van der Waals surface area contributed by atoms with Gasteiger partial charge in [-0.3, -0.25) is 0 Å². The molecule has 0 amide bonds. The Morgan fingerprint density at radius 3 is 2.50 bits per heavy atom. The number of fused-ring (bicyclic) bond motifs is 1. The average molecular weight is 317 g/mol. The van der Waals surface area contributed by atoms with Gasteiger partial charge in [0.15, 0.2) is 0 Å². The predicted molar refractivity (Wildman–Crippen MR) is 84.2 cm³/mol. The maximum atomic E-state index is 11.6. The molecule has 0 aliphatic carbocycles. The number of hydrogen-bond acceptors (Lipinski definition) is 5. The van der Waals surface area contributed by atoms with E-state index in [1.807, 2.05) is 0 Å². The van der Waals surface area contributed by atoms with Gasteiger partial charge in [-0.2, -0.15) is 4.80 Å². The van der Waals surface area contributed by atoms with Crippen LogP contribution in [0.5, 0.6) is 0 Å². The van der Waals surface area contributed by atoms with Crippen LogP contribution < -0.4 is 5.73 Å². The number of aromatic nitrogens is 3. The predicted octanol–water partition coefficient (Wildman–Crippen LogP) is 2.83. The number of nitrogens with zero attached hydrogens (tertiary/aromatic N) is 3. The number of rotatable bonds is 3. The summed E-state index contributed by atoms with van der Waals surface area (Å²) in [5, 5.41) is 9.13. The molecule has 1 heterocycles. The maximum Gasteiger partial charge on any atom is 0.338 e. The summed E-state index contributed by atoms with van der Waals surface area (Å²) >= 11 is 5.97. The van der Waals surface area contributed by atoms with Gasteiger partial charge in [-0.1, -0.05) is 11.6 Å². The molecule has 1 aromatic heterocycles. The van der Waals surface area contributed by atoms with Gasteiger partial charge in [0.05, 0.1) is 28.6 Å². The summed E-state index contributed by atoms with van der Waals surface area (Å²) in [6.07, 6.45) is 0. The molecule has 6 nitrogen and oxygen atoms in total. The zero-order valence-corrected chi connectivity index (χ0v) is 12.5. The van der Waals surface area contributed by atoms with E-state index in [1.165, 1.54) is 4.80 Å². The molecule has 2 N–H and O–H groups in total. The Hall–Kier alpha value is -2.60. The SMILES string of the molecule is CCOC(=O)c1ccc(-n2nc3cc(N)c(Cl)cc3n2)cc1. The van der Waals surface area contributed by atoms with Crippen molar-refractivity contribution in [3.8, 4) is 5.69 Å². The van der Waals surface area contributed by atoms with Crippen molar-refractivity contribution in [2.24, 2.45) is 0 Å². The van der Waals surface area contributed by atoms with Gasteiger partial charge < -0.3 is 10.5 Å². The number of carbonyl (C=O) groups excluding carboxylic acids is 1. The molecule has 0 aliphatic rings. The molecule has 0 saturated carbocycles. The van der Waals surface area contributed by atoms with Crippen LogP contribution >= 0.6 is 11.6 Å². The molecule has 0 aliphatic heterocycles. The molecule has 0 fully saturated rings. The zero-order chi connectivity index (χ0) is 15.7. The van der Waals surface area contributed by atoms with E-state index >= 15 is 0 Å². The molecule has 7 heteroatoms. The second-order valence-electron chi connectivity index (χ2n) is 4.62. The summed E-state index contributed by atoms with van der Waals surface area (Å²) < 4.78 is 4.94. The van der Waals surface area contributed by atoms with Gasteiger partial charge in [0.1, 0.15) is 11.0 Å². The quantitative estimate of drug-likeness (QED) is 0.593. The molecule has 0 saturated heterocycles. The van der Waals surface area contributed by atoms with Crippen molar-refractivity contribution >= 4 is 34.3 Å². The second-order valence-corrected chi connectivity index (χ2v) is 5.03. The van der Waals surface area contributed by atoms with Crippen molar-refractivity contribution in [1.82, 2.24) is 15.0 Å². The first-order chi connectivity index (χ1) is 10.6. The third-order valence-corrected chi connectivity index (χ3v) is 3.44. The molecule has 3 aromatic rings. The fraction of sp³-hybridized carbons (Fsp3) is 0.133. The van der Waals surface area contributed by atoms with Crippen LogP contribution in [0.4, 0.5) is 5.69 Å². The topological polar surface area (TPSA) is 83.0 Å². The van der Waals surface area contributed by atoms with Gasteiger partial charge in [0.25, 0.3) is 0 Å². The van der Waals surface area contributed by atoms with Crippen molar-refractivity contribution in [3.63, 3.8) is 0 Å². The minimum Gasteiger partial charge on any atom is -0.462 e. The number of hydrogen-bond donors (Lipinski definition) is 1. The molecular weight excluding hydrogens is 304 g/mol. The molecule has 112 valence electrons. The van der Waals surface area contributed by atoms with Crippen molar-refractivity contribution in [2.45, 2.75) is 6.92 Å². The van der Waals surface area contributed by atoms with Crippen LogP contribution in [0.1, 0.15) is 17.3 Å². The van der Waals surface area contributed by atoms with Gasteiger partial charge in [-0.05, 0) is 43.3 Å². The number of esters is 1. The number of ether oxygens (including phenoxy) is 1. The molecule has 0 radical (unpaired) electrons. The van der Waals surface area contributed by atoms with Crippen molar-refractivity contribution in [3.05, 3.63) is 47.0 Å². The lowest BCUT2D eigenvalue weighted by Gasteiger charge is -2.03. The summed E-state index contributed by atoms with van der Waals surface area (Å²) in [5.74, 6) is -0.354. The summed E-state index contributed by atoms with van der Waals surface area (Å²) in [6.45, 7) is 2.11. The highest BCUT2D eigenvalue weighted by Gasteiger charge is 2.10. The van der Waals surface area contributed by atoms with Crippen LogP contribution in [-0.2, 0) is 4.74 Å². The summed E-state index contributed by atoms with van der Waals surface area (Å²) in [4.78, 5) is 13.1. The Balaban J connectivity index is 1.95. The standard InChI is InChI=1S/C15H13ClN4O2/c1-2-22-15(21)9-3-5-10(6-4-9)20-18-13-7-11(16)12(17)8-14(13)19-20/h3-8H,2,17H2,1H3. The monoisotopic (exact) mass is 316 g/mol. The first-order valence-electron chi connectivity index (χ1n) is 6.68. The third kappa shape index (κ3) is 2.60. The lowest BCUT2D eigenvalue weighted by atomic mass is 10.2. The second kappa shape index (κ2) is 5.65.